The monoisotopic (exact) mass is 297 g/mol. The van der Waals surface area contributed by atoms with E-state index in [2.05, 4.69) is 27.2 Å². The molecule has 0 aromatic carbocycles. The number of hydrogen-bond donors (Lipinski definition) is 0. The molecule has 0 aliphatic rings. The second kappa shape index (κ2) is 910. The van der Waals surface area contributed by atoms with E-state index in [0.29, 0.717) is 0 Å². The van der Waals surface area contributed by atoms with Crippen LogP contribution in [0, 0.1) is 0 Å². The molecule has 0 heterocycles. The Morgan fingerprint density at radius 2 is 0.444 bits per heavy atom. The Bertz CT molecular complexity index is 20.5. The van der Waals surface area contributed by atoms with Gasteiger partial charge in [-0.15, -0.1) is 0 Å². The van der Waals surface area contributed by atoms with Gasteiger partial charge in [0.1, 0.15) is 0 Å². The zero-order valence-corrected chi connectivity index (χ0v) is 7.60. The molecule has 5 heteroatoms. The van der Waals surface area contributed by atoms with E-state index in [1.54, 1.807) is 0 Å². The second-order valence-electron chi connectivity index (χ2n) is 0. The van der Waals surface area contributed by atoms with Crippen LogP contribution >= 0.6 is 0 Å². The molecule has 0 N–H and O–H groups in total. The topological polar surface area (TPSA) is 68.3 Å². The fraction of sp³-hybridized carbons (Fsp3) is 0. The van der Waals surface area contributed by atoms with Crippen LogP contribution in [0.2, 0.25) is 0 Å². The van der Waals surface area contributed by atoms with E-state index >= 15 is 0 Å². The summed E-state index contributed by atoms with van der Waals surface area (Å²) in [6.45, 7) is 13.0. The molecule has 1 radical (unpaired) electrons. The van der Waals surface area contributed by atoms with Crippen molar-refractivity contribution in [3.63, 3.8) is 0 Å². The molecule has 0 saturated heterocycles. The van der Waals surface area contributed by atoms with Gasteiger partial charge in [-0.2, -0.15) is 0 Å². The summed E-state index contributed by atoms with van der Waals surface area (Å²) in [5.41, 5.74) is 0. The summed E-state index contributed by atoms with van der Waals surface area (Å²) in [4.78, 5) is 31.0. The Morgan fingerprint density at radius 1 is 0.444 bits per heavy atom. The minimum atomic E-state index is 0. The zero-order chi connectivity index (χ0) is 8.00. The zero-order valence-electron chi connectivity index (χ0n) is 4.39. The quantitative estimate of drug-likeness (QED) is 0.420. The predicted molar refractivity (Wildman–Crippen MR) is 27.0 cm³/mol. The van der Waals surface area contributed by atoms with Crippen molar-refractivity contribution < 1.29 is 41.6 Å². The summed E-state index contributed by atoms with van der Waals surface area (Å²) in [7, 11) is 0. The Morgan fingerprint density at radius 3 is 0.444 bits per heavy atom. The van der Waals surface area contributed by atoms with Crippen LogP contribution in [0.15, 0.2) is 0 Å². The first-order valence-electron chi connectivity index (χ1n) is 0.943. The molecule has 0 unspecified atom stereocenters. The van der Waals surface area contributed by atoms with Gasteiger partial charge in [0.15, 0.2) is 0 Å². The third-order valence-electron chi connectivity index (χ3n) is 0. The summed E-state index contributed by atoms with van der Waals surface area (Å²) < 4.78 is 0. The second-order valence-corrected chi connectivity index (χ2v) is 0. The van der Waals surface area contributed by atoms with Gasteiger partial charge in [0.2, 0.25) is 0 Å². The fourth-order valence-corrected chi connectivity index (χ4v) is 0. The summed E-state index contributed by atoms with van der Waals surface area (Å²) in [5, 5.41) is 0. The van der Waals surface area contributed by atoms with Gasteiger partial charge in [-0.05, 0) is 0 Å². The average Bonchev–Trinajstić information content (AvgIpc) is 2.03. The molecule has 0 atom stereocenters. The standard InChI is InChI=1S/4CHO.Ta/c4*1-2;/h4*1H;/q4*-1;. The largest absolute Gasteiger partial charge is 0.545 e. The summed E-state index contributed by atoms with van der Waals surface area (Å²) in [6, 6.07) is 0. The SMILES string of the molecule is [CH-]=O.[CH-]=O.[CH-]=O.[CH-]=O.[Ta]. The molecular weight excluding hydrogens is 293 g/mol. The number of carbonyl (C=O) groups excluding carboxylic acids is 4. The third kappa shape index (κ3) is 649. The van der Waals surface area contributed by atoms with Gasteiger partial charge in [0, 0.05) is 22.4 Å². The Labute approximate surface area is 69.1 Å². The molecular formula is C4H4O4Ta-4. The first kappa shape index (κ1) is 39.6. The maximum Gasteiger partial charge on any atom is 0 e. The van der Waals surface area contributed by atoms with E-state index in [-0.39, 0.29) is 22.4 Å². The van der Waals surface area contributed by atoms with Crippen molar-refractivity contribution in [2.75, 3.05) is 0 Å². The van der Waals surface area contributed by atoms with Crippen LogP contribution < -0.4 is 0 Å². The molecule has 4 nitrogen and oxygen atoms in total. The van der Waals surface area contributed by atoms with Crippen molar-refractivity contribution in [3.8, 4) is 0 Å². The first-order chi connectivity index (χ1) is 4.00. The Hall–Kier alpha value is -0.580. The normalized spacial score (nSPS) is 1.78. The molecule has 0 saturated carbocycles. The van der Waals surface area contributed by atoms with Gasteiger partial charge in [0.25, 0.3) is 0 Å². The summed E-state index contributed by atoms with van der Waals surface area (Å²) in [6.07, 6.45) is 0. The van der Waals surface area contributed by atoms with E-state index in [0.717, 1.165) is 0 Å². The molecule has 0 aliphatic heterocycles. The molecule has 0 aliphatic carbocycles. The van der Waals surface area contributed by atoms with Gasteiger partial charge in [-0.1, -0.05) is 0 Å². The molecule has 0 aromatic heterocycles. The van der Waals surface area contributed by atoms with Crippen LogP contribution in [0.1, 0.15) is 0 Å². The van der Waals surface area contributed by atoms with E-state index in [1.165, 1.54) is 0 Å². The van der Waals surface area contributed by atoms with Crippen molar-refractivity contribution in [1.29, 1.82) is 0 Å². The van der Waals surface area contributed by atoms with E-state index in [4.69, 9.17) is 19.2 Å². The number of rotatable bonds is 0. The third-order valence-corrected chi connectivity index (χ3v) is 0. The van der Waals surface area contributed by atoms with Crippen molar-refractivity contribution in [2.45, 2.75) is 0 Å². The molecule has 0 rings (SSSR count). The molecule has 0 spiro atoms. The molecule has 0 fully saturated rings. The summed E-state index contributed by atoms with van der Waals surface area (Å²) >= 11 is 0. The van der Waals surface area contributed by atoms with Gasteiger partial charge >= 0.3 is 0 Å². The minimum Gasteiger partial charge on any atom is -0.545 e. The molecule has 9 heavy (non-hydrogen) atoms. The maximum absolute atomic E-state index is 7.75. The van der Waals surface area contributed by atoms with Crippen LogP contribution in [0.4, 0.5) is 0 Å². The van der Waals surface area contributed by atoms with Gasteiger partial charge < -0.3 is 19.2 Å². The molecule has 0 bridgehead atoms. The van der Waals surface area contributed by atoms with Crippen LogP contribution in [-0.4, -0.2) is 27.2 Å². The maximum atomic E-state index is 7.75. The van der Waals surface area contributed by atoms with E-state index in [1.807, 2.05) is 0 Å². The molecule has 0 aromatic rings. The van der Waals surface area contributed by atoms with Crippen LogP contribution in [-0.2, 0) is 41.6 Å². The first-order valence-corrected chi connectivity index (χ1v) is 0.943. The van der Waals surface area contributed by atoms with Crippen LogP contribution in [0.5, 0.6) is 0 Å². The minimum absolute atomic E-state index is 0. The average molecular weight is 297 g/mol. The van der Waals surface area contributed by atoms with Gasteiger partial charge in [-0.25, -0.2) is 0 Å². The van der Waals surface area contributed by atoms with E-state index < -0.39 is 0 Å². The van der Waals surface area contributed by atoms with Crippen molar-refractivity contribution in [1.82, 2.24) is 0 Å². The van der Waals surface area contributed by atoms with Crippen LogP contribution in [0.3, 0.4) is 0 Å². The van der Waals surface area contributed by atoms with Gasteiger partial charge in [-0.3, -0.25) is 27.2 Å². The Kier molecular flexibility index (Phi) is 4010. The number of hydrogen-bond acceptors (Lipinski definition) is 4. The van der Waals surface area contributed by atoms with Crippen molar-refractivity contribution in [2.24, 2.45) is 0 Å². The van der Waals surface area contributed by atoms with E-state index in [9.17, 15) is 0 Å². The van der Waals surface area contributed by atoms with Gasteiger partial charge in [0.05, 0.1) is 0 Å². The smallest absolute Gasteiger partial charge is 0 e. The van der Waals surface area contributed by atoms with Crippen LogP contribution in [0.25, 0.3) is 0 Å². The summed E-state index contributed by atoms with van der Waals surface area (Å²) in [5.74, 6) is 0. The fourth-order valence-electron chi connectivity index (χ4n) is 0. The van der Waals surface area contributed by atoms with Crippen molar-refractivity contribution >= 4 is 27.2 Å². The van der Waals surface area contributed by atoms with Crippen molar-refractivity contribution in [3.05, 3.63) is 0 Å². The Balaban J connectivity index is -0.00000000762. The molecule has 53 valence electrons. The predicted octanol–water partition coefficient (Wildman–Crippen LogP) is -1.10. The molecule has 0 amide bonds.